The van der Waals surface area contributed by atoms with E-state index in [0.29, 0.717) is 0 Å². The lowest BCUT2D eigenvalue weighted by atomic mass is 9.91. The van der Waals surface area contributed by atoms with Crippen molar-refractivity contribution >= 4 is 43.6 Å². The average Bonchev–Trinajstić information content (AvgIpc) is 2.17. The fourth-order valence-electron chi connectivity index (χ4n) is 1.83. The van der Waals surface area contributed by atoms with Crippen LogP contribution in [0.15, 0.2) is 27.1 Å². The maximum atomic E-state index is 10.5. The van der Waals surface area contributed by atoms with Gasteiger partial charge in [0, 0.05) is 14.7 Å². The van der Waals surface area contributed by atoms with Gasteiger partial charge in [-0.2, -0.15) is 11.8 Å². The van der Waals surface area contributed by atoms with Gasteiger partial charge >= 0.3 is 0 Å². The fourth-order valence-corrected chi connectivity index (χ4v) is 4.27. The summed E-state index contributed by atoms with van der Waals surface area (Å²) in [4.78, 5) is 0. The first-order chi connectivity index (χ1) is 7.10. The van der Waals surface area contributed by atoms with E-state index in [0.717, 1.165) is 38.9 Å². The van der Waals surface area contributed by atoms with Gasteiger partial charge in [0.05, 0.1) is 5.60 Å². The Morgan fingerprint density at radius 1 is 1.20 bits per heavy atom. The van der Waals surface area contributed by atoms with Crippen molar-refractivity contribution in [2.75, 3.05) is 11.5 Å². The molecule has 1 N–H and O–H groups in total. The van der Waals surface area contributed by atoms with Crippen LogP contribution in [-0.4, -0.2) is 16.6 Å². The molecule has 0 aromatic heterocycles. The number of benzene rings is 1. The number of aliphatic hydroxyl groups is 1. The van der Waals surface area contributed by atoms with E-state index in [1.54, 1.807) is 0 Å². The molecule has 1 heterocycles. The summed E-state index contributed by atoms with van der Waals surface area (Å²) in [6.07, 6.45) is 1.95. The van der Waals surface area contributed by atoms with Crippen LogP contribution in [0.2, 0.25) is 0 Å². The molecule has 1 atom stereocenters. The van der Waals surface area contributed by atoms with Crippen LogP contribution >= 0.6 is 43.6 Å². The zero-order chi connectivity index (χ0) is 10.9. The maximum absolute atomic E-state index is 10.5. The number of thioether (sulfide) groups is 1. The van der Waals surface area contributed by atoms with E-state index < -0.39 is 5.60 Å². The second kappa shape index (κ2) is 4.78. The van der Waals surface area contributed by atoms with E-state index in [4.69, 9.17) is 0 Å². The summed E-state index contributed by atoms with van der Waals surface area (Å²) in [5.74, 6) is 1.97. The van der Waals surface area contributed by atoms with Crippen LogP contribution in [0.5, 0.6) is 0 Å². The molecule has 82 valence electrons. The van der Waals surface area contributed by atoms with E-state index in [9.17, 15) is 5.11 Å². The Morgan fingerprint density at radius 2 is 1.87 bits per heavy atom. The minimum absolute atomic E-state index is 0.644. The van der Waals surface area contributed by atoms with E-state index >= 15 is 0 Å². The van der Waals surface area contributed by atoms with Crippen LogP contribution in [0.4, 0.5) is 0 Å². The number of rotatable bonds is 1. The van der Waals surface area contributed by atoms with Crippen LogP contribution in [0, 0.1) is 0 Å². The summed E-state index contributed by atoms with van der Waals surface area (Å²) in [6.45, 7) is 0. The third-order valence-electron chi connectivity index (χ3n) is 2.62. The summed E-state index contributed by atoms with van der Waals surface area (Å²) < 4.78 is 2.02. The molecule has 1 aromatic rings. The van der Waals surface area contributed by atoms with Crippen LogP contribution in [0.25, 0.3) is 0 Å². The summed E-state index contributed by atoms with van der Waals surface area (Å²) in [6, 6.07) is 6.01. The van der Waals surface area contributed by atoms with Crippen molar-refractivity contribution in [1.29, 1.82) is 0 Å². The number of hydrogen-bond acceptors (Lipinski definition) is 2. The molecule has 1 aromatic carbocycles. The largest absolute Gasteiger partial charge is 0.384 e. The van der Waals surface area contributed by atoms with Gasteiger partial charge < -0.3 is 5.11 Å². The van der Waals surface area contributed by atoms with Gasteiger partial charge in [-0.1, -0.05) is 31.9 Å². The van der Waals surface area contributed by atoms with Crippen LogP contribution in [-0.2, 0) is 5.60 Å². The SMILES string of the molecule is O[C@]1(c2cc(Br)cc(Br)c2)CCCSC1. The number of halogens is 2. The normalized spacial score (nSPS) is 26.6. The third kappa shape index (κ3) is 2.78. The highest BCUT2D eigenvalue weighted by Gasteiger charge is 2.31. The van der Waals surface area contributed by atoms with Gasteiger partial charge in [-0.15, -0.1) is 0 Å². The van der Waals surface area contributed by atoms with Crippen LogP contribution in [0.3, 0.4) is 0 Å². The van der Waals surface area contributed by atoms with Gasteiger partial charge in [-0.05, 0) is 42.4 Å². The number of hydrogen-bond donors (Lipinski definition) is 1. The second-order valence-electron chi connectivity index (χ2n) is 3.85. The molecule has 15 heavy (non-hydrogen) atoms. The van der Waals surface area contributed by atoms with Crippen LogP contribution in [0.1, 0.15) is 18.4 Å². The molecule has 0 saturated carbocycles. The highest BCUT2D eigenvalue weighted by atomic mass is 79.9. The van der Waals surface area contributed by atoms with Gasteiger partial charge in [0.15, 0.2) is 0 Å². The molecule has 0 amide bonds. The Morgan fingerprint density at radius 3 is 2.40 bits per heavy atom. The Balaban J connectivity index is 2.34. The highest BCUT2D eigenvalue weighted by molar-refractivity contribution is 9.11. The molecule has 0 spiro atoms. The molecular formula is C11H12Br2OS. The topological polar surface area (TPSA) is 20.2 Å². The summed E-state index contributed by atoms with van der Waals surface area (Å²) >= 11 is 8.74. The first-order valence-corrected chi connectivity index (χ1v) is 7.61. The minimum Gasteiger partial charge on any atom is -0.384 e. The zero-order valence-electron chi connectivity index (χ0n) is 8.17. The van der Waals surface area contributed by atoms with Crippen molar-refractivity contribution in [2.45, 2.75) is 18.4 Å². The highest BCUT2D eigenvalue weighted by Crippen LogP contribution is 2.37. The van der Waals surface area contributed by atoms with Crippen molar-refractivity contribution in [1.82, 2.24) is 0 Å². The Labute approximate surface area is 111 Å². The predicted molar refractivity (Wildman–Crippen MR) is 72.3 cm³/mol. The molecular weight excluding hydrogens is 340 g/mol. The summed E-state index contributed by atoms with van der Waals surface area (Å²) in [5.41, 5.74) is 0.367. The summed E-state index contributed by atoms with van der Waals surface area (Å²) in [5, 5.41) is 10.5. The zero-order valence-corrected chi connectivity index (χ0v) is 12.2. The monoisotopic (exact) mass is 350 g/mol. The third-order valence-corrected chi connectivity index (χ3v) is 4.79. The first-order valence-electron chi connectivity index (χ1n) is 4.87. The van der Waals surface area contributed by atoms with Crippen molar-refractivity contribution in [2.24, 2.45) is 0 Å². The Hall–Kier alpha value is 0.490. The standard InChI is InChI=1S/C11H12Br2OS/c12-9-4-8(5-10(13)6-9)11(14)2-1-3-15-7-11/h4-6,14H,1-3,7H2/t11-/m1/s1. The Kier molecular flexibility index (Phi) is 3.81. The maximum Gasteiger partial charge on any atom is 0.0987 e. The molecule has 1 saturated heterocycles. The predicted octanol–water partition coefficient (Wildman–Crippen LogP) is 3.93. The Bertz CT molecular complexity index is 341. The van der Waals surface area contributed by atoms with Gasteiger partial charge in [0.2, 0.25) is 0 Å². The average molecular weight is 352 g/mol. The van der Waals surface area contributed by atoms with Crippen molar-refractivity contribution < 1.29 is 5.11 Å². The quantitative estimate of drug-likeness (QED) is 0.827. The molecule has 1 aliphatic heterocycles. The van der Waals surface area contributed by atoms with Crippen LogP contribution < -0.4 is 0 Å². The van der Waals surface area contributed by atoms with E-state index in [1.165, 1.54) is 0 Å². The van der Waals surface area contributed by atoms with Gasteiger partial charge in [-0.3, -0.25) is 0 Å². The van der Waals surface area contributed by atoms with Gasteiger partial charge in [0.25, 0.3) is 0 Å². The molecule has 0 aliphatic carbocycles. The lowest BCUT2D eigenvalue weighted by molar-refractivity contribution is 0.0494. The summed E-state index contributed by atoms with van der Waals surface area (Å²) in [7, 11) is 0. The van der Waals surface area contributed by atoms with Crippen molar-refractivity contribution in [3.8, 4) is 0 Å². The molecule has 1 fully saturated rings. The molecule has 0 bridgehead atoms. The van der Waals surface area contributed by atoms with Gasteiger partial charge in [0.1, 0.15) is 0 Å². The minimum atomic E-state index is -0.644. The van der Waals surface area contributed by atoms with E-state index in [-0.39, 0.29) is 0 Å². The molecule has 2 rings (SSSR count). The lowest BCUT2D eigenvalue weighted by Crippen LogP contribution is -2.31. The second-order valence-corrected chi connectivity index (χ2v) is 6.78. The first kappa shape index (κ1) is 12.0. The molecule has 0 radical (unpaired) electrons. The van der Waals surface area contributed by atoms with E-state index in [1.807, 2.05) is 30.0 Å². The van der Waals surface area contributed by atoms with E-state index in [2.05, 4.69) is 31.9 Å². The molecule has 1 aliphatic rings. The smallest absolute Gasteiger partial charge is 0.0987 e. The lowest BCUT2D eigenvalue weighted by Gasteiger charge is -2.32. The van der Waals surface area contributed by atoms with Gasteiger partial charge in [-0.25, -0.2) is 0 Å². The molecule has 4 heteroatoms. The fraction of sp³-hybridized carbons (Fsp3) is 0.455. The molecule has 0 unspecified atom stereocenters. The molecule has 1 nitrogen and oxygen atoms in total. The van der Waals surface area contributed by atoms with Crippen molar-refractivity contribution in [3.05, 3.63) is 32.7 Å². The van der Waals surface area contributed by atoms with Crippen molar-refractivity contribution in [3.63, 3.8) is 0 Å².